The van der Waals surface area contributed by atoms with E-state index in [0.717, 1.165) is 32.1 Å². The van der Waals surface area contributed by atoms with Gasteiger partial charge in [0.05, 0.1) is 0 Å². The van der Waals surface area contributed by atoms with Crippen LogP contribution < -0.4 is 0 Å². The molecule has 1 aliphatic heterocycles. The molecule has 1 saturated carbocycles. The van der Waals surface area contributed by atoms with E-state index in [1.807, 2.05) is 6.92 Å². The number of nitrogens with zero attached hydrogens (tertiary/aromatic N) is 1. The highest BCUT2D eigenvalue weighted by Gasteiger charge is 2.46. The number of hydrogen-bond donors (Lipinski definition) is 0. The third kappa shape index (κ3) is 2.29. The second kappa shape index (κ2) is 5.14. The Balaban J connectivity index is 2.14. The summed E-state index contributed by atoms with van der Waals surface area (Å²) in [6, 6.07) is -0.339. The van der Waals surface area contributed by atoms with Gasteiger partial charge in [-0.15, -0.1) is 6.42 Å². The first kappa shape index (κ1) is 13.1. The molecule has 2 amide bonds. The van der Waals surface area contributed by atoms with Crippen molar-refractivity contribution in [2.45, 2.75) is 64.3 Å². The average Bonchev–Trinajstić information content (AvgIpc) is 2.74. The second-order valence-corrected chi connectivity index (χ2v) is 5.69. The molecule has 2 aliphatic rings. The van der Waals surface area contributed by atoms with E-state index in [9.17, 15) is 9.59 Å². The maximum Gasteiger partial charge on any atom is 0.230 e. The number of imide groups is 1. The largest absolute Gasteiger partial charge is 0.274 e. The van der Waals surface area contributed by atoms with Gasteiger partial charge in [0.25, 0.3) is 0 Å². The third-order valence-electron chi connectivity index (χ3n) is 4.32. The summed E-state index contributed by atoms with van der Waals surface area (Å²) in [6.07, 6.45) is 12.4. The molecule has 0 aromatic carbocycles. The van der Waals surface area contributed by atoms with Crippen molar-refractivity contribution in [1.29, 1.82) is 0 Å². The molecular formula is C15H21NO2. The van der Waals surface area contributed by atoms with Gasteiger partial charge in [-0.3, -0.25) is 14.5 Å². The standard InChI is InChI=1S/C15H21NO2/c1-3-7-12(4-2)16-13(17)10-15(11-14(16)18)8-5-6-9-15/h2,12H,3,5-11H2,1H3. The zero-order valence-corrected chi connectivity index (χ0v) is 11.1. The van der Waals surface area contributed by atoms with E-state index in [0.29, 0.717) is 19.3 Å². The SMILES string of the molecule is C#CC(CCC)N1C(=O)CC2(CCCC2)CC1=O. The molecule has 1 aliphatic carbocycles. The van der Waals surface area contributed by atoms with Crippen molar-refractivity contribution < 1.29 is 9.59 Å². The summed E-state index contributed by atoms with van der Waals surface area (Å²) in [7, 11) is 0. The fraction of sp³-hybridized carbons (Fsp3) is 0.733. The van der Waals surface area contributed by atoms with Gasteiger partial charge >= 0.3 is 0 Å². The van der Waals surface area contributed by atoms with E-state index in [-0.39, 0.29) is 23.3 Å². The minimum atomic E-state index is -0.339. The van der Waals surface area contributed by atoms with Gasteiger partial charge in [0.2, 0.25) is 11.8 Å². The number of piperidine rings is 1. The van der Waals surface area contributed by atoms with Crippen LogP contribution in [0.15, 0.2) is 0 Å². The molecule has 2 rings (SSSR count). The highest BCUT2D eigenvalue weighted by atomic mass is 16.2. The van der Waals surface area contributed by atoms with Gasteiger partial charge < -0.3 is 0 Å². The van der Waals surface area contributed by atoms with Crippen molar-refractivity contribution in [1.82, 2.24) is 4.90 Å². The fourth-order valence-electron chi connectivity index (χ4n) is 3.40. The molecule has 0 aromatic rings. The lowest BCUT2D eigenvalue weighted by molar-refractivity contribution is -0.155. The molecule has 3 nitrogen and oxygen atoms in total. The minimum Gasteiger partial charge on any atom is -0.274 e. The minimum absolute atomic E-state index is 0.0317. The first-order valence-electron chi connectivity index (χ1n) is 6.93. The number of amides is 2. The quantitative estimate of drug-likeness (QED) is 0.567. The summed E-state index contributed by atoms with van der Waals surface area (Å²) in [5.74, 6) is 2.49. The maximum atomic E-state index is 12.3. The highest BCUT2D eigenvalue weighted by Crippen LogP contribution is 2.47. The zero-order chi connectivity index (χ0) is 13.2. The van der Waals surface area contributed by atoms with Crippen molar-refractivity contribution in [3.8, 4) is 12.3 Å². The lowest BCUT2D eigenvalue weighted by atomic mass is 9.76. The van der Waals surface area contributed by atoms with Crippen LogP contribution in [-0.2, 0) is 9.59 Å². The summed E-state index contributed by atoms with van der Waals surface area (Å²) in [5, 5.41) is 0. The van der Waals surface area contributed by atoms with Gasteiger partial charge in [0.15, 0.2) is 0 Å². The lowest BCUT2D eigenvalue weighted by Gasteiger charge is -2.39. The molecule has 0 N–H and O–H groups in total. The zero-order valence-electron chi connectivity index (χ0n) is 11.1. The molecule has 3 heteroatoms. The topological polar surface area (TPSA) is 37.4 Å². The molecule has 0 aromatic heterocycles. The van der Waals surface area contributed by atoms with E-state index in [1.165, 1.54) is 4.90 Å². The van der Waals surface area contributed by atoms with Crippen molar-refractivity contribution in [2.75, 3.05) is 0 Å². The van der Waals surface area contributed by atoms with Crippen LogP contribution in [0, 0.1) is 17.8 Å². The molecule has 0 radical (unpaired) electrons. The van der Waals surface area contributed by atoms with Crippen LogP contribution in [0.5, 0.6) is 0 Å². The van der Waals surface area contributed by atoms with Crippen molar-refractivity contribution in [2.24, 2.45) is 5.41 Å². The summed E-state index contributed by atoms with van der Waals surface area (Å²) < 4.78 is 0. The van der Waals surface area contributed by atoms with Gasteiger partial charge in [0, 0.05) is 12.8 Å². The van der Waals surface area contributed by atoms with Gasteiger partial charge in [-0.2, -0.15) is 0 Å². The van der Waals surface area contributed by atoms with Crippen LogP contribution in [0.1, 0.15) is 58.3 Å². The fourth-order valence-corrected chi connectivity index (χ4v) is 3.40. The Morgan fingerprint density at radius 1 is 1.28 bits per heavy atom. The average molecular weight is 247 g/mol. The molecule has 1 spiro atoms. The molecule has 1 atom stereocenters. The van der Waals surface area contributed by atoms with E-state index in [1.54, 1.807) is 0 Å². The van der Waals surface area contributed by atoms with Gasteiger partial charge in [0.1, 0.15) is 6.04 Å². The van der Waals surface area contributed by atoms with Crippen LogP contribution in [0.4, 0.5) is 0 Å². The Morgan fingerprint density at radius 3 is 2.28 bits per heavy atom. The molecule has 98 valence electrons. The van der Waals surface area contributed by atoms with Crippen molar-refractivity contribution >= 4 is 11.8 Å². The first-order chi connectivity index (χ1) is 8.62. The predicted molar refractivity (Wildman–Crippen MR) is 69.5 cm³/mol. The van der Waals surface area contributed by atoms with Gasteiger partial charge in [-0.25, -0.2) is 0 Å². The monoisotopic (exact) mass is 247 g/mol. The summed E-state index contributed by atoms with van der Waals surface area (Å²) >= 11 is 0. The van der Waals surface area contributed by atoms with E-state index < -0.39 is 0 Å². The van der Waals surface area contributed by atoms with E-state index in [2.05, 4.69) is 5.92 Å². The number of rotatable bonds is 3. The molecule has 2 fully saturated rings. The molecule has 1 heterocycles. The first-order valence-corrected chi connectivity index (χ1v) is 6.93. The molecule has 0 bridgehead atoms. The third-order valence-corrected chi connectivity index (χ3v) is 4.32. The summed E-state index contributed by atoms with van der Waals surface area (Å²) in [6.45, 7) is 2.02. The van der Waals surface area contributed by atoms with Crippen LogP contribution in [0.25, 0.3) is 0 Å². The van der Waals surface area contributed by atoms with Crippen molar-refractivity contribution in [3.63, 3.8) is 0 Å². The lowest BCUT2D eigenvalue weighted by Crippen LogP contribution is -2.51. The Bertz CT molecular complexity index is 368. The second-order valence-electron chi connectivity index (χ2n) is 5.69. The number of carbonyl (C=O) groups excluding carboxylic acids is 2. The Kier molecular flexibility index (Phi) is 3.75. The predicted octanol–water partition coefficient (Wildman–Crippen LogP) is 2.50. The Hall–Kier alpha value is -1.30. The normalized spacial score (nSPS) is 24.3. The van der Waals surface area contributed by atoms with Crippen LogP contribution >= 0.6 is 0 Å². The Morgan fingerprint density at radius 2 is 1.83 bits per heavy atom. The van der Waals surface area contributed by atoms with E-state index in [4.69, 9.17) is 6.42 Å². The number of hydrogen-bond acceptors (Lipinski definition) is 2. The van der Waals surface area contributed by atoms with Crippen LogP contribution in [0.2, 0.25) is 0 Å². The molecular weight excluding hydrogens is 226 g/mol. The maximum absolute atomic E-state index is 12.3. The smallest absolute Gasteiger partial charge is 0.230 e. The van der Waals surface area contributed by atoms with Crippen LogP contribution in [-0.4, -0.2) is 22.8 Å². The molecule has 18 heavy (non-hydrogen) atoms. The van der Waals surface area contributed by atoms with Crippen LogP contribution in [0.3, 0.4) is 0 Å². The summed E-state index contributed by atoms with van der Waals surface area (Å²) in [5.41, 5.74) is -0.0317. The number of likely N-dealkylation sites (tertiary alicyclic amines) is 1. The number of carbonyl (C=O) groups is 2. The van der Waals surface area contributed by atoms with E-state index >= 15 is 0 Å². The number of terminal acetylenes is 1. The molecule has 1 saturated heterocycles. The summed E-state index contributed by atoms with van der Waals surface area (Å²) in [4.78, 5) is 25.9. The highest BCUT2D eigenvalue weighted by molar-refractivity contribution is 5.99. The van der Waals surface area contributed by atoms with Gasteiger partial charge in [-0.05, 0) is 24.7 Å². The molecule has 1 unspecified atom stereocenters. The van der Waals surface area contributed by atoms with Gasteiger partial charge in [-0.1, -0.05) is 32.1 Å². The van der Waals surface area contributed by atoms with Crippen molar-refractivity contribution in [3.05, 3.63) is 0 Å². The Labute approximate surface area is 109 Å².